The number of hydrogen-bond acceptors (Lipinski definition) is 4. The van der Waals surface area contributed by atoms with Crippen molar-refractivity contribution < 1.29 is 19.5 Å². The van der Waals surface area contributed by atoms with E-state index in [0.717, 1.165) is 5.56 Å². The van der Waals surface area contributed by atoms with Gasteiger partial charge in [0, 0.05) is 0 Å². The van der Waals surface area contributed by atoms with E-state index in [4.69, 9.17) is 5.11 Å². The average molecular weight is 223 g/mol. The predicted octanol–water partition coefficient (Wildman–Crippen LogP) is 0.750. The third-order valence-corrected chi connectivity index (χ3v) is 1.91. The Morgan fingerprint density at radius 2 is 2.00 bits per heavy atom. The maximum Gasteiger partial charge on any atom is 0.329 e. The molecule has 2 N–H and O–H groups in total. The van der Waals surface area contributed by atoms with Gasteiger partial charge in [0.2, 0.25) is 0 Å². The number of hydrogen-bond donors (Lipinski definition) is 2. The van der Waals surface area contributed by atoms with E-state index in [2.05, 4.69) is 10.3 Å². The molecule has 0 amide bonds. The van der Waals surface area contributed by atoms with Crippen LogP contribution in [0.4, 0.5) is 0 Å². The molecule has 5 nitrogen and oxygen atoms in total. The smallest absolute Gasteiger partial charge is 0.329 e. The Bertz CT molecular complexity index is 364. The molecule has 86 valence electrons. The van der Waals surface area contributed by atoms with Crippen LogP contribution in [-0.4, -0.2) is 23.1 Å². The van der Waals surface area contributed by atoms with Crippen LogP contribution in [-0.2, 0) is 20.8 Å². The number of benzene rings is 1. The fourth-order valence-corrected chi connectivity index (χ4v) is 1.00. The quantitative estimate of drug-likeness (QED) is 0.720. The first kappa shape index (κ1) is 12.2. The highest BCUT2D eigenvalue weighted by Crippen LogP contribution is 2.00. The van der Waals surface area contributed by atoms with Gasteiger partial charge in [-0.15, -0.1) is 5.48 Å². The molecule has 0 saturated carbocycles. The van der Waals surface area contributed by atoms with Crippen LogP contribution in [0.25, 0.3) is 0 Å². The molecule has 0 radical (unpaired) electrons. The molecule has 1 aromatic rings. The van der Waals surface area contributed by atoms with Gasteiger partial charge in [-0.05, 0) is 12.5 Å². The molecule has 0 unspecified atom stereocenters. The monoisotopic (exact) mass is 223 g/mol. The second-order valence-electron chi connectivity index (χ2n) is 3.31. The molecule has 16 heavy (non-hydrogen) atoms. The maximum absolute atomic E-state index is 11.3. The summed E-state index contributed by atoms with van der Waals surface area (Å²) in [4.78, 5) is 26.3. The van der Waals surface area contributed by atoms with Gasteiger partial charge in [-0.2, -0.15) is 0 Å². The second kappa shape index (κ2) is 5.87. The number of aliphatic carboxylic acids is 1. The Balaban J connectivity index is 2.35. The van der Waals surface area contributed by atoms with Crippen molar-refractivity contribution in [3.05, 3.63) is 35.9 Å². The summed E-state index contributed by atoms with van der Waals surface area (Å²) < 4.78 is 0. The molecular formula is C11H13NO4. The lowest BCUT2D eigenvalue weighted by Crippen LogP contribution is -2.35. The fourth-order valence-electron chi connectivity index (χ4n) is 1.00. The first-order valence-electron chi connectivity index (χ1n) is 4.81. The van der Waals surface area contributed by atoms with Crippen molar-refractivity contribution in [2.24, 2.45) is 0 Å². The minimum absolute atomic E-state index is 0.111. The predicted molar refractivity (Wildman–Crippen MR) is 56.5 cm³/mol. The Hall–Kier alpha value is -1.88. The summed E-state index contributed by atoms with van der Waals surface area (Å²) in [6.45, 7) is 1.39. The number of carboxylic acids is 1. The third kappa shape index (κ3) is 4.10. The minimum atomic E-state index is -1.08. The SMILES string of the molecule is C[C@H](NOC(=O)Cc1ccccc1)C(=O)O. The average Bonchev–Trinajstić information content (AvgIpc) is 2.27. The first-order chi connectivity index (χ1) is 7.59. The van der Waals surface area contributed by atoms with Crippen molar-refractivity contribution in [2.45, 2.75) is 19.4 Å². The van der Waals surface area contributed by atoms with Gasteiger partial charge in [0.25, 0.3) is 0 Å². The van der Waals surface area contributed by atoms with Gasteiger partial charge in [0.05, 0.1) is 6.42 Å². The number of carboxylic acid groups (broad SMARTS) is 1. The molecule has 0 aliphatic rings. The molecule has 0 saturated heterocycles. The van der Waals surface area contributed by atoms with Crippen LogP contribution in [0.1, 0.15) is 12.5 Å². The zero-order valence-electron chi connectivity index (χ0n) is 8.84. The Morgan fingerprint density at radius 1 is 1.38 bits per heavy atom. The van der Waals surface area contributed by atoms with E-state index in [-0.39, 0.29) is 6.42 Å². The first-order valence-corrected chi connectivity index (χ1v) is 4.81. The van der Waals surface area contributed by atoms with E-state index < -0.39 is 18.0 Å². The fraction of sp³-hybridized carbons (Fsp3) is 0.273. The number of carbonyl (C=O) groups excluding carboxylic acids is 1. The van der Waals surface area contributed by atoms with Crippen LogP contribution >= 0.6 is 0 Å². The van der Waals surface area contributed by atoms with Crippen LogP contribution in [0.15, 0.2) is 30.3 Å². The second-order valence-corrected chi connectivity index (χ2v) is 3.31. The van der Waals surface area contributed by atoms with Gasteiger partial charge in [-0.3, -0.25) is 9.59 Å². The molecule has 1 rings (SSSR count). The van der Waals surface area contributed by atoms with Gasteiger partial charge in [-0.25, -0.2) is 0 Å². The van der Waals surface area contributed by atoms with Crippen molar-refractivity contribution in [3.8, 4) is 0 Å². The Kier molecular flexibility index (Phi) is 4.47. The van der Waals surface area contributed by atoms with Gasteiger partial charge in [-0.1, -0.05) is 30.3 Å². The molecule has 0 heterocycles. The summed E-state index contributed by atoms with van der Waals surface area (Å²) in [6.07, 6.45) is 0.111. The van der Waals surface area contributed by atoms with E-state index in [1.165, 1.54) is 6.92 Å². The molecule has 0 aromatic heterocycles. The molecule has 0 aliphatic heterocycles. The Labute approximate surface area is 93.0 Å². The number of nitrogens with one attached hydrogen (secondary N) is 1. The van der Waals surface area contributed by atoms with Crippen molar-refractivity contribution >= 4 is 11.9 Å². The maximum atomic E-state index is 11.3. The van der Waals surface area contributed by atoms with E-state index in [1.54, 1.807) is 12.1 Å². The molecule has 0 fully saturated rings. The zero-order chi connectivity index (χ0) is 12.0. The highest BCUT2D eigenvalue weighted by atomic mass is 16.7. The van der Waals surface area contributed by atoms with Crippen molar-refractivity contribution in [2.75, 3.05) is 0 Å². The third-order valence-electron chi connectivity index (χ3n) is 1.91. The molecule has 0 aliphatic carbocycles. The van der Waals surface area contributed by atoms with E-state index in [0.29, 0.717) is 0 Å². The van der Waals surface area contributed by atoms with Crippen LogP contribution in [0, 0.1) is 0 Å². The van der Waals surface area contributed by atoms with Gasteiger partial charge in [0.1, 0.15) is 6.04 Å². The van der Waals surface area contributed by atoms with E-state index >= 15 is 0 Å². The minimum Gasteiger partial charge on any atom is -0.480 e. The lowest BCUT2D eigenvalue weighted by molar-refractivity contribution is -0.156. The summed E-state index contributed by atoms with van der Waals surface area (Å²) >= 11 is 0. The molecule has 0 bridgehead atoms. The zero-order valence-corrected chi connectivity index (χ0v) is 8.84. The highest BCUT2D eigenvalue weighted by molar-refractivity contribution is 5.74. The van der Waals surface area contributed by atoms with E-state index in [9.17, 15) is 9.59 Å². The Morgan fingerprint density at radius 3 is 2.56 bits per heavy atom. The number of carbonyl (C=O) groups is 2. The molecule has 5 heteroatoms. The van der Waals surface area contributed by atoms with Crippen molar-refractivity contribution in [1.82, 2.24) is 5.48 Å². The van der Waals surface area contributed by atoms with Crippen LogP contribution in [0.2, 0.25) is 0 Å². The standard InChI is InChI=1S/C11H13NO4/c1-8(11(14)15)12-16-10(13)7-9-5-3-2-4-6-9/h2-6,8,12H,7H2,1H3,(H,14,15)/t8-/m0/s1. The molecule has 1 aromatic carbocycles. The van der Waals surface area contributed by atoms with E-state index in [1.807, 2.05) is 18.2 Å². The van der Waals surface area contributed by atoms with Crippen LogP contribution in [0.5, 0.6) is 0 Å². The highest BCUT2D eigenvalue weighted by Gasteiger charge is 2.12. The summed E-state index contributed by atoms with van der Waals surface area (Å²) in [7, 11) is 0. The van der Waals surface area contributed by atoms with Gasteiger partial charge < -0.3 is 9.94 Å². The summed E-state index contributed by atoms with van der Waals surface area (Å²) in [5.74, 6) is -1.59. The normalized spacial score (nSPS) is 11.8. The van der Waals surface area contributed by atoms with Crippen molar-refractivity contribution in [3.63, 3.8) is 0 Å². The van der Waals surface area contributed by atoms with Crippen molar-refractivity contribution in [1.29, 1.82) is 0 Å². The topological polar surface area (TPSA) is 75.6 Å². The lowest BCUT2D eigenvalue weighted by atomic mass is 10.2. The molecule has 1 atom stereocenters. The van der Waals surface area contributed by atoms with Gasteiger partial charge in [0.15, 0.2) is 0 Å². The molecule has 0 spiro atoms. The summed E-state index contributed by atoms with van der Waals surface area (Å²) in [5, 5.41) is 8.53. The number of hydroxylamine groups is 1. The van der Waals surface area contributed by atoms with Crippen LogP contribution in [0.3, 0.4) is 0 Å². The van der Waals surface area contributed by atoms with Gasteiger partial charge >= 0.3 is 11.9 Å². The lowest BCUT2D eigenvalue weighted by Gasteiger charge is -2.08. The summed E-state index contributed by atoms with van der Waals surface area (Å²) in [5.41, 5.74) is 2.97. The number of rotatable bonds is 5. The largest absolute Gasteiger partial charge is 0.480 e. The molecular weight excluding hydrogens is 210 g/mol. The van der Waals surface area contributed by atoms with Crippen LogP contribution < -0.4 is 5.48 Å². The summed E-state index contributed by atoms with van der Waals surface area (Å²) in [6, 6.07) is 8.15.